The summed E-state index contributed by atoms with van der Waals surface area (Å²) in [7, 11) is 0. The number of benzene rings is 2. The van der Waals surface area contributed by atoms with E-state index in [9.17, 15) is 4.79 Å². The van der Waals surface area contributed by atoms with Crippen LogP contribution in [0.2, 0.25) is 0 Å². The van der Waals surface area contributed by atoms with Gasteiger partial charge in [0.05, 0.1) is 0 Å². The number of likely N-dealkylation sites (tertiary alicyclic amines) is 1. The number of fused-ring (bicyclic) bond motifs is 1. The molecule has 0 atom stereocenters. The zero-order valence-electron chi connectivity index (χ0n) is 15.4. The molecule has 2 aliphatic heterocycles. The second-order valence-corrected chi connectivity index (χ2v) is 7.63. The van der Waals surface area contributed by atoms with Crippen LogP contribution in [0.1, 0.15) is 29.5 Å². The molecule has 0 aromatic heterocycles. The molecule has 2 aromatic carbocycles. The number of carbonyl (C=O) groups is 1. The SMILES string of the molecule is O=C(C1CCN(CCc2ccccc2)CC1)N1CCc2ccccc2C1. The highest BCUT2D eigenvalue weighted by Crippen LogP contribution is 2.24. The Labute approximate surface area is 156 Å². The minimum Gasteiger partial charge on any atom is -0.338 e. The maximum Gasteiger partial charge on any atom is 0.226 e. The van der Waals surface area contributed by atoms with Crippen molar-refractivity contribution in [1.29, 1.82) is 0 Å². The maximum absolute atomic E-state index is 13.0. The molecule has 26 heavy (non-hydrogen) atoms. The number of amides is 1. The molecular weight excluding hydrogens is 320 g/mol. The first kappa shape index (κ1) is 17.3. The van der Waals surface area contributed by atoms with Crippen LogP contribution in [-0.4, -0.2) is 41.9 Å². The molecule has 0 aliphatic carbocycles. The van der Waals surface area contributed by atoms with E-state index in [0.717, 1.165) is 58.4 Å². The number of nitrogens with zero attached hydrogens (tertiary/aromatic N) is 2. The van der Waals surface area contributed by atoms with Crippen LogP contribution in [-0.2, 0) is 24.2 Å². The van der Waals surface area contributed by atoms with Crippen LogP contribution >= 0.6 is 0 Å². The molecule has 1 saturated heterocycles. The number of hydrogen-bond donors (Lipinski definition) is 0. The van der Waals surface area contributed by atoms with Gasteiger partial charge in [-0.25, -0.2) is 0 Å². The highest BCUT2D eigenvalue weighted by molar-refractivity contribution is 5.79. The van der Waals surface area contributed by atoms with E-state index < -0.39 is 0 Å². The van der Waals surface area contributed by atoms with E-state index in [4.69, 9.17) is 0 Å². The molecule has 0 radical (unpaired) electrons. The van der Waals surface area contributed by atoms with Gasteiger partial charge in [-0.1, -0.05) is 54.6 Å². The number of carbonyl (C=O) groups excluding carboxylic acids is 1. The number of hydrogen-bond acceptors (Lipinski definition) is 2. The fourth-order valence-corrected chi connectivity index (χ4v) is 4.28. The van der Waals surface area contributed by atoms with Gasteiger partial charge in [-0.3, -0.25) is 4.79 Å². The molecule has 136 valence electrons. The van der Waals surface area contributed by atoms with Gasteiger partial charge in [0.15, 0.2) is 0 Å². The van der Waals surface area contributed by atoms with Crippen molar-refractivity contribution >= 4 is 5.91 Å². The lowest BCUT2D eigenvalue weighted by molar-refractivity contribution is -0.138. The van der Waals surface area contributed by atoms with Gasteiger partial charge in [0, 0.05) is 25.6 Å². The summed E-state index contributed by atoms with van der Waals surface area (Å²) in [6.07, 6.45) is 4.11. The third kappa shape index (κ3) is 3.99. The van der Waals surface area contributed by atoms with Gasteiger partial charge < -0.3 is 9.80 Å². The Balaban J connectivity index is 1.26. The monoisotopic (exact) mass is 348 g/mol. The normalized spacial score (nSPS) is 18.5. The first-order valence-corrected chi connectivity index (χ1v) is 9.91. The van der Waals surface area contributed by atoms with Crippen LogP contribution in [0.15, 0.2) is 54.6 Å². The minimum atomic E-state index is 0.216. The summed E-state index contributed by atoms with van der Waals surface area (Å²) in [5.41, 5.74) is 4.14. The summed E-state index contributed by atoms with van der Waals surface area (Å²) >= 11 is 0. The van der Waals surface area contributed by atoms with E-state index in [0.29, 0.717) is 5.91 Å². The molecule has 2 heterocycles. The van der Waals surface area contributed by atoms with Gasteiger partial charge in [0.1, 0.15) is 0 Å². The highest BCUT2D eigenvalue weighted by Gasteiger charge is 2.30. The summed E-state index contributed by atoms with van der Waals surface area (Å²) in [4.78, 5) is 17.6. The second kappa shape index (κ2) is 8.05. The van der Waals surface area contributed by atoms with E-state index in [1.54, 1.807) is 0 Å². The second-order valence-electron chi connectivity index (χ2n) is 7.63. The Hall–Kier alpha value is -2.13. The van der Waals surface area contributed by atoms with E-state index in [1.807, 2.05) is 0 Å². The third-order valence-electron chi connectivity index (χ3n) is 5.94. The average Bonchev–Trinajstić information content (AvgIpc) is 2.72. The van der Waals surface area contributed by atoms with Gasteiger partial charge in [-0.2, -0.15) is 0 Å². The summed E-state index contributed by atoms with van der Waals surface area (Å²) in [5, 5.41) is 0. The molecule has 0 unspecified atom stereocenters. The van der Waals surface area contributed by atoms with Crippen molar-refractivity contribution in [2.75, 3.05) is 26.2 Å². The van der Waals surface area contributed by atoms with Crippen molar-refractivity contribution in [1.82, 2.24) is 9.80 Å². The van der Waals surface area contributed by atoms with Crippen LogP contribution < -0.4 is 0 Å². The Kier molecular flexibility index (Phi) is 5.35. The quantitative estimate of drug-likeness (QED) is 0.844. The van der Waals surface area contributed by atoms with Crippen LogP contribution in [0.25, 0.3) is 0 Å². The largest absolute Gasteiger partial charge is 0.338 e. The van der Waals surface area contributed by atoms with Crippen molar-refractivity contribution in [2.24, 2.45) is 5.92 Å². The van der Waals surface area contributed by atoms with Gasteiger partial charge in [-0.15, -0.1) is 0 Å². The van der Waals surface area contributed by atoms with E-state index in [2.05, 4.69) is 64.4 Å². The molecule has 2 aromatic rings. The molecule has 0 bridgehead atoms. The molecule has 3 heteroatoms. The highest BCUT2D eigenvalue weighted by atomic mass is 16.2. The number of rotatable bonds is 4. The Morgan fingerprint density at radius 1 is 0.885 bits per heavy atom. The summed E-state index contributed by atoms with van der Waals surface area (Å²) < 4.78 is 0. The molecule has 1 fully saturated rings. The van der Waals surface area contributed by atoms with Crippen molar-refractivity contribution in [3.8, 4) is 0 Å². The molecule has 3 nitrogen and oxygen atoms in total. The first-order chi connectivity index (χ1) is 12.8. The molecule has 2 aliphatic rings. The molecule has 0 saturated carbocycles. The molecule has 1 amide bonds. The molecular formula is C23H28N2O. The van der Waals surface area contributed by atoms with Crippen LogP contribution in [0.4, 0.5) is 0 Å². The fourth-order valence-electron chi connectivity index (χ4n) is 4.28. The topological polar surface area (TPSA) is 23.6 Å². The standard InChI is InChI=1S/C23H28N2O/c26-23(25-17-13-20-8-4-5-9-22(20)18-25)21-11-15-24(16-12-21)14-10-19-6-2-1-3-7-19/h1-9,21H,10-18H2. The lowest BCUT2D eigenvalue weighted by atomic mass is 9.93. The van der Waals surface area contributed by atoms with Crippen molar-refractivity contribution in [3.05, 3.63) is 71.3 Å². The van der Waals surface area contributed by atoms with Gasteiger partial charge >= 0.3 is 0 Å². The van der Waals surface area contributed by atoms with Crippen molar-refractivity contribution in [2.45, 2.75) is 32.2 Å². The first-order valence-electron chi connectivity index (χ1n) is 9.91. The number of piperidine rings is 1. The summed E-state index contributed by atoms with van der Waals surface area (Å²) in [6.45, 7) is 4.87. The zero-order chi connectivity index (χ0) is 17.8. The van der Waals surface area contributed by atoms with Crippen molar-refractivity contribution < 1.29 is 4.79 Å². The fraction of sp³-hybridized carbons (Fsp3) is 0.435. The lowest BCUT2D eigenvalue weighted by Gasteiger charge is -2.36. The third-order valence-corrected chi connectivity index (χ3v) is 5.94. The van der Waals surface area contributed by atoms with Gasteiger partial charge in [0.25, 0.3) is 0 Å². The van der Waals surface area contributed by atoms with Gasteiger partial charge in [0.2, 0.25) is 5.91 Å². The smallest absolute Gasteiger partial charge is 0.226 e. The van der Waals surface area contributed by atoms with Gasteiger partial charge in [-0.05, 0) is 55.5 Å². The predicted molar refractivity (Wildman–Crippen MR) is 105 cm³/mol. The van der Waals surface area contributed by atoms with Crippen molar-refractivity contribution in [3.63, 3.8) is 0 Å². The van der Waals surface area contributed by atoms with Crippen LogP contribution in [0.5, 0.6) is 0 Å². The Bertz CT molecular complexity index is 735. The molecule has 4 rings (SSSR count). The average molecular weight is 348 g/mol. The molecule has 0 spiro atoms. The van der Waals surface area contributed by atoms with E-state index >= 15 is 0 Å². The maximum atomic E-state index is 13.0. The van der Waals surface area contributed by atoms with Crippen LogP contribution in [0, 0.1) is 5.92 Å². The summed E-state index contributed by atoms with van der Waals surface area (Å²) in [6, 6.07) is 19.2. The van der Waals surface area contributed by atoms with E-state index in [1.165, 1.54) is 16.7 Å². The summed E-state index contributed by atoms with van der Waals surface area (Å²) in [5.74, 6) is 0.593. The Morgan fingerprint density at radius 3 is 2.35 bits per heavy atom. The molecule has 0 N–H and O–H groups in total. The lowest BCUT2D eigenvalue weighted by Crippen LogP contribution is -2.44. The zero-order valence-corrected chi connectivity index (χ0v) is 15.4. The Morgan fingerprint density at radius 2 is 1.58 bits per heavy atom. The predicted octanol–water partition coefficient (Wildman–Crippen LogP) is 3.53. The minimum absolute atomic E-state index is 0.216. The van der Waals surface area contributed by atoms with Crippen LogP contribution in [0.3, 0.4) is 0 Å². The van der Waals surface area contributed by atoms with E-state index in [-0.39, 0.29) is 5.92 Å².